The van der Waals surface area contributed by atoms with E-state index in [2.05, 4.69) is 9.97 Å². The van der Waals surface area contributed by atoms with Crippen LogP contribution in [0.5, 0.6) is 0 Å². The molecule has 0 aliphatic heterocycles. The number of hydrogen-bond donors (Lipinski definition) is 3. The quantitative estimate of drug-likeness (QED) is 0.611. The van der Waals surface area contributed by atoms with E-state index in [9.17, 15) is 14.4 Å². The highest BCUT2D eigenvalue weighted by Crippen LogP contribution is 2.36. The van der Waals surface area contributed by atoms with Crippen molar-refractivity contribution in [3.63, 3.8) is 0 Å². The number of fused-ring (bicyclic) bond motifs is 1. The zero-order valence-electron chi connectivity index (χ0n) is 9.07. The molecule has 0 fully saturated rings. The zero-order valence-corrected chi connectivity index (χ0v) is 9.96. The summed E-state index contributed by atoms with van der Waals surface area (Å²) in [5.41, 5.74) is 0.819. The Kier molecular flexibility index (Phi) is 2.38. The van der Waals surface area contributed by atoms with Crippen molar-refractivity contribution in [1.82, 2.24) is 9.97 Å². The monoisotopic (exact) mass is 264 g/mol. The van der Waals surface area contributed by atoms with E-state index >= 15 is 0 Å². The summed E-state index contributed by atoms with van der Waals surface area (Å²) >= 11 is 0. The van der Waals surface area contributed by atoms with Crippen molar-refractivity contribution >= 4 is 23.9 Å². The lowest BCUT2D eigenvalue weighted by atomic mass is 10.3. The molecule has 0 spiro atoms. The van der Waals surface area contributed by atoms with Crippen molar-refractivity contribution in [2.24, 2.45) is 0 Å². The minimum Gasteiger partial charge on any atom is -0.461 e. The average Bonchev–Trinajstić information content (AvgIpc) is 2.95. The molecule has 2 aromatic heterocycles. The molecule has 0 amide bonds. The average molecular weight is 264 g/mol. The third-order valence-electron chi connectivity index (χ3n) is 2.56. The van der Waals surface area contributed by atoms with Gasteiger partial charge in [-0.15, -0.1) is 0 Å². The van der Waals surface area contributed by atoms with E-state index in [0.717, 1.165) is 0 Å². The highest BCUT2D eigenvalue weighted by molar-refractivity contribution is 7.60. The number of imidazole rings is 1. The standard InChI is InChI=1S/C11H9N2O4P/c14-18(15,16)9-5-1-3-7-10(9)13-11(12-7)8-4-2-6-17-8/h1-6H,(H,12,13)(H2,14,15,16). The van der Waals surface area contributed by atoms with E-state index in [1.807, 2.05) is 0 Å². The number of para-hydroxylation sites is 1. The lowest BCUT2D eigenvalue weighted by Gasteiger charge is -2.03. The van der Waals surface area contributed by atoms with Crippen LogP contribution in [0.1, 0.15) is 0 Å². The van der Waals surface area contributed by atoms with Gasteiger partial charge in [-0.25, -0.2) is 4.98 Å². The lowest BCUT2D eigenvalue weighted by Crippen LogP contribution is -2.04. The van der Waals surface area contributed by atoms with Crippen LogP contribution in [0.4, 0.5) is 0 Å². The number of rotatable bonds is 2. The van der Waals surface area contributed by atoms with Gasteiger partial charge in [0.1, 0.15) is 5.52 Å². The number of aromatic amines is 1. The molecule has 92 valence electrons. The first-order chi connectivity index (χ1) is 8.55. The molecule has 3 rings (SSSR count). The number of hydrogen-bond acceptors (Lipinski definition) is 3. The molecule has 2 heterocycles. The van der Waals surface area contributed by atoms with Gasteiger partial charge in [0.25, 0.3) is 0 Å². The third kappa shape index (κ3) is 1.76. The Morgan fingerprint density at radius 2 is 2.06 bits per heavy atom. The molecule has 0 saturated carbocycles. The second-order valence-electron chi connectivity index (χ2n) is 3.78. The van der Waals surface area contributed by atoms with Crippen molar-refractivity contribution in [2.75, 3.05) is 0 Å². The molecule has 3 N–H and O–H groups in total. The smallest absolute Gasteiger partial charge is 0.358 e. The van der Waals surface area contributed by atoms with Gasteiger partial charge in [-0.1, -0.05) is 6.07 Å². The molecule has 0 aliphatic rings. The highest BCUT2D eigenvalue weighted by atomic mass is 31.2. The summed E-state index contributed by atoms with van der Waals surface area (Å²) in [6.45, 7) is 0. The molecule has 1 aromatic carbocycles. The van der Waals surface area contributed by atoms with Crippen molar-refractivity contribution in [2.45, 2.75) is 0 Å². The molecule has 0 saturated heterocycles. The van der Waals surface area contributed by atoms with Crippen molar-refractivity contribution in [1.29, 1.82) is 0 Å². The highest BCUT2D eigenvalue weighted by Gasteiger charge is 2.22. The Bertz CT molecular complexity index is 742. The molecule has 7 heteroatoms. The van der Waals surface area contributed by atoms with Crippen LogP contribution < -0.4 is 5.30 Å². The van der Waals surface area contributed by atoms with Crippen molar-refractivity contribution in [3.05, 3.63) is 36.6 Å². The Labute approximate surface area is 101 Å². The van der Waals surface area contributed by atoms with Gasteiger partial charge in [-0.2, -0.15) is 0 Å². The summed E-state index contributed by atoms with van der Waals surface area (Å²) in [6, 6.07) is 8.08. The normalized spacial score (nSPS) is 12.1. The second-order valence-corrected chi connectivity index (χ2v) is 5.35. The molecule has 0 unspecified atom stereocenters. The number of benzene rings is 1. The van der Waals surface area contributed by atoms with Gasteiger partial charge in [-0.05, 0) is 24.3 Å². The first kappa shape index (κ1) is 11.2. The Morgan fingerprint density at radius 3 is 2.72 bits per heavy atom. The van der Waals surface area contributed by atoms with E-state index in [4.69, 9.17) is 4.42 Å². The SMILES string of the molecule is O=P(O)(O)c1cccc2[nH]c(-c3ccco3)nc12. The van der Waals surface area contributed by atoms with E-state index < -0.39 is 7.60 Å². The summed E-state index contributed by atoms with van der Waals surface area (Å²) in [5, 5.41) is -0.0888. The molecule has 3 aromatic rings. The van der Waals surface area contributed by atoms with Gasteiger partial charge >= 0.3 is 7.60 Å². The number of furan rings is 1. The molecule has 0 aliphatic carbocycles. The third-order valence-corrected chi connectivity index (χ3v) is 3.55. The predicted octanol–water partition coefficient (Wildman–Crippen LogP) is 1.63. The van der Waals surface area contributed by atoms with Crippen LogP contribution in [0.3, 0.4) is 0 Å². The summed E-state index contributed by atoms with van der Waals surface area (Å²) in [7, 11) is -4.34. The molecule has 18 heavy (non-hydrogen) atoms. The Balaban J connectivity index is 2.27. The summed E-state index contributed by atoms with van der Waals surface area (Å²) in [6.07, 6.45) is 1.51. The van der Waals surface area contributed by atoms with E-state index in [1.54, 1.807) is 24.3 Å². The number of nitrogens with zero attached hydrogens (tertiary/aromatic N) is 1. The second kappa shape index (κ2) is 3.81. The van der Waals surface area contributed by atoms with Crippen LogP contribution in [0.15, 0.2) is 41.0 Å². The summed E-state index contributed by atoms with van der Waals surface area (Å²) in [5.74, 6) is 0.957. The lowest BCUT2D eigenvalue weighted by molar-refractivity contribution is 0.387. The first-order valence-corrected chi connectivity index (χ1v) is 6.75. The first-order valence-electron chi connectivity index (χ1n) is 5.14. The Hall–Kier alpha value is -1.88. The fourth-order valence-electron chi connectivity index (χ4n) is 1.78. The fraction of sp³-hybridized carbons (Fsp3) is 0. The van der Waals surface area contributed by atoms with Crippen molar-refractivity contribution < 1.29 is 18.8 Å². The Morgan fingerprint density at radius 1 is 1.22 bits per heavy atom. The molecule has 6 nitrogen and oxygen atoms in total. The largest absolute Gasteiger partial charge is 0.461 e. The number of aromatic nitrogens is 2. The van der Waals surface area contributed by atoms with Gasteiger partial charge in [0.2, 0.25) is 0 Å². The summed E-state index contributed by atoms with van der Waals surface area (Å²) in [4.78, 5) is 25.7. The van der Waals surface area contributed by atoms with Crippen LogP contribution in [-0.2, 0) is 4.57 Å². The van der Waals surface area contributed by atoms with E-state index in [-0.39, 0.29) is 10.8 Å². The van der Waals surface area contributed by atoms with E-state index in [0.29, 0.717) is 17.1 Å². The minimum atomic E-state index is -4.34. The van der Waals surface area contributed by atoms with Gasteiger partial charge in [0.05, 0.1) is 17.1 Å². The van der Waals surface area contributed by atoms with Gasteiger partial charge in [-0.3, -0.25) is 4.57 Å². The van der Waals surface area contributed by atoms with E-state index in [1.165, 1.54) is 12.3 Å². The molecule has 0 radical (unpaired) electrons. The van der Waals surface area contributed by atoms with Gasteiger partial charge in [0, 0.05) is 0 Å². The molecule has 0 atom stereocenters. The topological polar surface area (TPSA) is 99.3 Å². The maximum atomic E-state index is 11.4. The number of H-pyrrole nitrogens is 1. The number of nitrogens with one attached hydrogen (secondary N) is 1. The maximum absolute atomic E-state index is 11.4. The molecule has 0 bridgehead atoms. The zero-order chi connectivity index (χ0) is 12.8. The van der Waals surface area contributed by atoms with Crippen LogP contribution in [0.25, 0.3) is 22.6 Å². The maximum Gasteiger partial charge on any atom is 0.358 e. The fourth-order valence-corrected chi connectivity index (χ4v) is 2.51. The van der Waals surface area contributed by atoms with Gasteiger partial charge in [0.15, 0.2) is 11.6 Å². The molecular weight excluding hydrogens is 255 g/mol. The van der Waals surface area contributed by atoms with Crippen molar-refractivity contribution in [3.8, 4) is 11.6 Å². The van der Waals surface area contributed by atoms with Gasteiger partial charge < -0.3 is 19.2 Å². The van der Waals surface area contributed by atoms with Crippen LogP contribution in [0, 0.1) is 0 Å². The molecular formula is C11H9N2O4P. The van der Waals surface area contributed by atoms with Crippen LogP contribution in [0.2, 0.25) is 0 Å². The van der Waals surface area contributed by atoms with Crippen LogP contribution in [-0.4, -0.2) is 19.8 Å². The predicted molar refractivity (Wildman–Crippen MR) is 65.5 cm³/mol. The summed E-state index contributed by atoms with van der Waals surface area (Å²) < 4.78 is 16.5. The van der Waals surface area contributed by atoms with Crippen LogP contribution >= 0.6 is 7.60 Å². The minimum absolute atomic E-state index is 0.0888.